The van der Waals surface area contributed by atoms with E-state index in [0.29, 0.717) is 32.3 Å². The molecule has 2 fully saturated rings. The van der Waals surface area contributed by atoms with E-state index in [1.807, 2.05) is 28.4 Å². The van der Waals surface area contributed by atoms with Gasteiger partial charge in [-0.2, -0.15) is 0 Å². The second kappa shape index (κ2) is 8.87. The van der Waals surface area contributed by atoms with Gasteiger partial charge in [-0.1, -0.05) is 6.07 Å². The van der Waals surface area contributed by atoms with Crippen LogP contribution < -0.4 is 10.2 Å². The predicted octanol–water partition coefficient (Wildman–Crippen LogP) is 2.98. The maximum absolute atomic E-state index is 12.5. The zero-order valence-corrected chi connectivity index (χ0v) is 16.4. The summed E-state index contributed by atoms with van der Waals surface area (Å²) >= 11 is 1.81. The van der Waals surface area contributed by atoms with Gasteiger partial charge in [0.05, 0.1) is 13.2 Å². The number of benzene rings is 1. The van der Waals surface area contributed by atoms with Crippen LogP contribution in [-0.4, -0.2) is 56.2 Å². The molecule has 4 rings (SSSR count). The van der Waals surface area contributed by atoms with E-state index in [9.17, 15) is 4.79 Å². The second-order valence-electron chi connectivity index (χ2n) is 7.17. The molecule has 0 bridgehead atoms. The Morgan fingerprint density at radius 1 is 1.07 bits per heavy atom. The van der Waals surface area contributed by atoms with E-state index in [4.69, 9.17) is 4.74 Å². The quantitative estimate of drug-likeness (QED) is 0.859. The van der Waals surface area contributed by atoms with Gasteiger partial charge in [0.15, 0.2) is 0 Å². The molecule has 1 aromatic heterocycles. The average Bonchev–Trinajstić information content (AvgIpc) is 3.27. The van der Waals surface area contributed by atoms with Gasteiger partial charge in [0.25, 0.3) is 5.91 Å². The fraction of sp³-hybridized carbons (Fsp3) is 0.476. The van der Waals surface area contributed by atoms with E-state index < -0.39 is 0 Å². The summed E-state index contributed by atoms with van der Waals surface area (Å²) in [5.74, 6) is 0.112. The van der Waals surface area contributed by atoms with E-state index in [2.05, 4.69) is 39.9 Å². The maximum Gasteiger partial charge on any atom is 0.254 e. The van der Waals surface area contributed by atoms with E-state index in [1.165, 1.54) is 10.6 Å². The zero-order chi connectivity index (χ0) is 18.5. The number of piperidine rings is 1. The minimum atomic E-state index is 0.112. The van der Waals surface area contributed by atoms with Gasteiger partial charge in [-0.05, 0) is 48.6 Å². The summed E-state index contributed by atoms with van der Waals surface area (Å²) < 4.78 is 5.33. The molecular formula is C21H27N3O2S. The van der Waals surface area contributed by atoms with Crippen LogP contribution in [-0.2, 0) is 11.3 Å². The summed E-state index contributed by atoms with van der Waals surface area (Å²) in [6.07, 6.45) is 2.31. The van der Waals surface area contributed by atoms with Crippen LogP contribution in [0, 0.1) is 0 Å². The second-order valence-corrected chi connectivity index (χ2v) is 8.21. The molecule has 2 saturated heterocycles. The van der Waals surface area contributed by atoms with Gasteiger partial charge >= 0.3 is 0 Å². The molecule has 6 heteroatoms. The van der Waals surface area contributed by atoms with Gasteiger partial charge in [-0.15, -0.1) is 11.3 Å². The van der Waals surface area contributed by atoms with Crippen LogP contribution in [0.25, 0.3) is 0 Å². The molecule has 1 amide bonds. The molecule has 0 aliphatic carbocycles. The molecule has 2 aliphatic heterocycles. The van der Waals surface area contributed by atoms with Crippen molar-refractivity contribution >= 4 is 22.9 Å². The summed E-state index contributed by atoms with van der Waals surface area (Å²) in [4.78, 5) is 18.3. The first kappa shape index (κ1) is 18.5. The first-order chi connectivity index (χ1) is 13.3. The monoisotopic (exact) mass is 385 g/mol. The largest absolute Gasteiger partial charge is 0.378 e. The normalized spacial score (nSPS) is 18.7. The third kappa shape index (κ3) is 4.69. The van der Waals surface area contributed by atoms with Gasteiger partial charge < -0.3 is 19.9 Å². The molecule has 27 heavy (non-hydrogen) atoms. The molecule has 5 nitrogen and oxygen atoms in total. The number of thiophene rings is 1. The van der Waals surface area contributed by atoms with Gasteiger partial charge in [0.2, 0.25) is 0 Å². The van der Waals surface area contributed by atoms with Crippen molar-refractivity contribution in [3.05, 3.63) is 52.2 Å². The number of carbonyl (C=O) groups is 1. The Balaban J connectivity index is 1.27. The number of carbonyl (C=O) groups excluding carboxylic acids is 1. The number of anilines is 1. The van der Waals surface area contributed by atoms with E-state index >= 15 is 0 Å². The predicted molar refractivity (Wildman–Crippen MR) is 110 cm³/mol. The minimum Gasteiger partial charge on any atom is -0.378 e. The third-order valence-electron chi connectivity index (χ3n) is 5.42. The van der Waals surface area contributed by atoms with Crippen LogP contribution in [0.15, 0.2) is 41.8 Å². The van der Waals surface area contributed by atoms with E-state index in [1.54, 1.807) is 0 Å². The number of nitrogens with one attached hydrogen (secondary N) is 1. The lowest BCUT2D eigenvalue weighted by molar-refractivity contribution is 0.0303. The Bertz CT molecular complexity index is 718. The van der Waals surface area contributed by atoms with E-state index in [-0.39, 0.29) is 5.91 Å². The molecule has 144 valence electrons. The summed E-state index contributed by atoms with van der Waals surface area (Å²) in [5, 5.41) is 5.81. The lowest BCUT2D eigenvalue weighted by atomic mass is 10.0. The smallest absolute Gasteiger partial charge is 0.254 e. The molecule has 0 saturated carbocycles. The van der Waals surface area contributed by atoms with Crippen molar-refractivity contribution in [1.82, 2.24) is 10.2 Å². The highest BCUT2D eigenvalue weighted by Gasteiger charge is 2.21. The van der Waals surface area contributed by atoms with Crippen molar-refractivity contribution in [2.24, 2.45) is 0 Å². The Hall–Kier alpha value is -1.89. The lowest BCUT2D eigenvalue weighted by Crippen LogP contribution is -2.42. The molecule has 3 heterocycles. The summed E-state index contributed by atoms with van der Waals surface area (Å²) in [6.45, 7) is 5.73. The topological polar surface area (TPSA) is 44.8 Å². The Labute approximate surface area is 164 Å². The molecule has 1 N–H and O–H groups in total. The Morgan fingerprint density at radius 3 is 2.48 bits per heavy atom. The van der Waals surface area contributed by atoms with Crippen molar-refractivity contribution in [3.63, 3.8) is 0 Å². The fourth-order valence-corrected chi connectivity index (χ4v) is 4.42. The summed E-state index contributed by atoms with van der Waals surface area (Å²) in [7, 11) is 0. The van der Waals surface area contributed by atoms with Crippen LogP contribution >= 0.6 is 11.3 Å². The number of amides is 1. The van der Waals surface area contributed by atoms with E-state index in [0.717, 1.165) is 38.0 Å². The summed E-state index contributed by atoms with van der Waals surface area (Å²) in [5.41, 5.74) is 1.98. The number of morpholine rings is 1. The van der Waals surface area contributed by atoms with Gasteiger partial charge in [-0.3, -0.25) is 4.79 Å². The van der Waals surface area contributed by atoms with Crippen LogP contribution in [0.2, 0.25) is 0 Å². The molecular weight excluding hydrogens is 358 g/mol. The Kier molecular flexibility index (Phi) is 6.07. The standard InChI is InChI=1S/C21H27N3O2S/c25-21(24-11-13-26-14-12-24)17-3-5-19(6-4-17)23-9-7-18(8-10-23)22-16-20-2-1-15-27-20/h1-6,15,18,22H,7-14,16H2. The number of hydrogen-bond donors (Lipinski definition) is 1. The molecule has 0 unspecified atom stereocenters. The summed E-state index contributed by atoms with van der Waals surface area (Å²) in [6, 6.07) is 13.0. The van der Waals surface area contributed by atoms with Crippen molar-refractivity contribution in [2.45, 2.75) is 25.4 Å². The number of hydrogen-bond acceptors (Lipinski definition) is 5. The molecule has 2 aliphatic rings. The van der Waals surface area contributed by atoms with Crippen LogP contribution in [0.5, 0.6) is 0 Å². The molecule has 0 atom stereocenters. The third-order valence-corrected chi connectivity index (χ3v) is 6.29. The molecule has 0 spiro atoms. The average molecular weight is 386 g/mol. The zero-order valence-electron chi connectivity index (χ0n) is 15.6. The van der Waals surface area contributed by atoms with Crippen molar-refractivity contribution < 1.29 is 9.53 Å². The van der Waals surface area contributed by atoms with Crippen molar-refractivity contribution in [1.29, 1.82) is 0 Å². The maximum atomic E-state index is 12.5. The van der Waals surface area contributed by atoms with Crippen LogP contribution in [0.4, 0.5) is 5.69 Å². The van der Waals surface area contributed by atoms with Crippen LogP contribution in [0.3, 0.4) is 0 Å². The molecule has 0 radical (unpaired) electrons. The lowest BCUT2D eigenvalue weighted by Gasteiger charge is -2.34. The molecule has 1 aromatic carbocycles. The number of nitrogens with zero attached hydrogens (tertiary/aromatic N) is 2. The number of ether oxygens (including phenoxy) is 1. The van der Waals surface area contributed by atoms with Gasteiger partial charge in [0, 0.05) is 54.9 Å². The fourth-order valence-electron chi connectivity index (χ4n) is 3.76. The first-order valence-electron chi connectivity index (χ1n) is 9.77. The highest BCUT2D eigenvalue weighted by atomic mass is 32.1. The van der Waals surface area contributed by atoms with Gasteiger partial charge in [0.1, 0.15) is 0 Å². The van der Waals surface area contributed by atoms with Crippen molar-refractivity contribution in [2.75, 3.05) is 44.3 Å². The highest BCUT2D eigenvalue weighted by Crippen LogP contribution is 2.22. The highest BCUT2D eigenvalue weighted by molar-refractivity contribution is 7.09. The van der Waals surface area contributed by atoms with Crippen LogP contribution in [0.1, 0.15) is 28.1 Å². The first-order valence-corrected chi connectivity index (χ1v) is 10.7. The SMILES string of the molecule is O=C(c1ccc(N2CCC(NCc3cccs3)CC2)cc1)N1CCOCC1. The van der Waals surface area contributed by atoms with Crippen molar-refractivity contribution in [3.8, 4) is 0 Å². The number of rotatable bonds is 5. The minimum absolute atomic E-state index is 0.112. The Morgan fingerprint density at radius 2 is 1.81 bits per heavy atom. The van der Waals surface area contributed by atoms with Gasteiger partial charge in [-0.25, -0.2) is 0 Å². The molecule has 2 aromatic rings.